The molecule has 0 N–H and O–H groups in total. The van der Waals surface area contributed by atoms with Gasteiger partial charge in [-0.1, -0.05) is 29.8 Å². The molecular weight excluding hydrogens is 441 g/mol. The largest absolute Gasteiger partial charge is 0.332 e. The van der Waals surface area contributed by atoms with Crippen LogP contribution in [0.1, 0.15) is 22.5 Å². The molecule has 0 aliphatic carbocycles. The second kappa shape index (κ2) is 10.1. The van der Waals surface area contributed by atoms with Crippen LogP contribution in [0.4, 0.5) is 4.39 Å². The average Bonchev–Trinajstić information content (AvgIpc) is 3.28. The van der Waals surface area contributed by atoms with E-state index in [1.807, 2.05) is 6.07 Å². The van der Waals surface area contributed by atoms with Gasteiger partial charge >= 0.3 is 0 Å². The number of halogens is 2. The number of carbonyl (C=O) groups is 1. The quantitative estimate of drug-likeness (QED) is 0.376. The predicted molar refractivity (Wildman–Crippen MR) is 123 cm³/mol. The second-order valence-corrected chi connectivity index (χ2v) is 7.72. The number of aromatic nitrogens is 3. The summed E-state index contributed by atoms with van der Waals surface area (Å²) >= 11 is 6.03. The Balaban J connectivity index is 1.79. The summed E-state index contributed by atoms with van der Waals surface area (Å²) in [6.45, 7) is 0.500. The molecule has 164 valence electrons. The normalized spacial score (nSPS) is 10.6. The molecule has 2 aromatic heterocycles. The lowest BCUT2D eigenvalue weighted by Crippen LogP contribution is -2.33. The van der Waals surface area contributed by atoms with Crippen molar-refractivity contribution in [3.8, 4) is 23.0 Å². The van der Waals surface area contributed by atoms with Crippen LogP contribution < -0.4 is 0 Å². The molecule has 4 rings (SSSR count). The van der Waals surface area contributed by atoms with Crippen molar-refractivity contribution in [3.63, 3.8) is 0 Å². The van der Waals surface area contributed by atoms with Crippen molar-refractivity contribution in [2.75, 3.05) is 6.54 Å². The molecule has 1 amide bonds. The Morgan fingerprint density at radius 2 is 1.91 bits per heavy atom. The van der Waals surface area contributed by atoms with Crippen molar-refractivity contribution >= 4 is 17.5 Å². The number of carbonyl (C=O) groups excluding carboxylic acids is 1. The fourth-order valence-corrected chi connectivity index (χ4v) is 3.55. The third-order valence-corrected chi connectivity index (χ3v) is 5.28. The first-order valence-electron chi connectivity index (χ1n) is 10.2. The monoisotopic (exact) mass is 459 g/mol. The van der Waals surface area contributed by atoms with Crippen molar-refractivity contribution in [3.05, 3.63) is 101 Å². The van der Waals surface area contributed by atoms with Gasteiger partial charge in [-0.2, -0.15) is 10.4 Å². The van der Waals surface area contributed by atoms with Crippen LogP contribution >= 0.6 is 11.6 Å². The molecule has 0 fully saturated rings. The van der Waals surface area contributed by atoms with Gasteiger partial charge in [0.2, 0.25) is 0 Å². The fraction of sp³-hybridized carbons (Fsp3) is 0.120. The van der Waals surface area contributed by atoms with Crippen LogP contribution in [0.5, 0.6) is 0 Å². The molecule has 0 aliphatic heterocycles. The van der Waals surface area contributed by atoms with Crippen molar-refractivity contribution in [2.45, 2.75) is 13.0 Å². The Labute approximate surface area is 195 Å². The number of hydrogen-bond acceptors (Lipinski definition) is 4. The second-order valence-electron chi connectivity index (χ2n) is 7.28. The number of benzene rings is 2. The maximum Gasteiger partial charge on any atom is 0.272 e. The summed E-state index contributed by atoms with van der Waals surface area (Å²) in [5.74, 6) is -0.770. The summed E-state index contributed by atoms with van der Waals surface area (Å²) < 4.78 is 16.0. The number of pyridine rings is 1. The zero-order valence-corrected chi connectivity index (χ0v) is 18.3. The minimum atomic E-state index is -0.436. The van der Waals surface area contributed by atoms with Crippen LogP contribution in [0.2, 0.25) is 5.02 Å². The SMILES string of the molecule is N#CCCN(Cc1cccnc1)C(=O)c1cc(-c2ccccc2F)nn1-c1ccc(Cl)cc1. The first-order chi connectivity index (χ1) is 16.1. The molecule has 0 radical (unpaired) electrons. The highest BCUT2D eigenvalue weighted by atomic mass is 35.5. The lowest BCUT2D eigenvalue weighted by molar-refractivity contribution is 0.0737. The summed E-state index contributed by atoms with van der Waals surface area (Å²) in [5, 5.41) is 14.2. The molecular formula is C25H19ClFN5O. The van der Waals surface area contributed by atoms with Gasteiger partial charge in [-0.3, -0.25) is 9.78 Å². The Morgan fingerprint density at radius 1 is 1.12 bits per heavy atom. The Hall–Kier alpha value is -4.02. The van der Waals surface area contributed by atoms with E-state index in [2.05, 4.69) is 16.2 Å². The van der Waals surface area contributed by atoms with E-state index in [1.165, 1.54) is 10.7 Å². The number of rotatable bonds is 7. The molecule has 0 saturated heterocycles. The van der Waals surface area contributed by atoms with Gasteiger partial charge in [0.25, 0.3) is 5.91 Å². The number of hydrogen-bond donors (Lipinski definition) is 0. The summed E-state index contributed by atoms with van der Waals surface area (Å²) in [6, 6.07) is 20.4. The van der Waals surface area contributed by atoms with E-state index in [0.717, 1.165) is 5.56 Å². The van der Waals surface area contributed by atoms with Crippen molar-refractivity contribution in [2.24, 2.45) is 0 Å². The molecule has 8 heteroatoms. The molecule has 0 aliphatic rings. The molecule has 0 bridgehead atoms. The number of amides is 1. The van der Waals surface area contributed by atoms with Crippen LogP contribution in [0.15, 0.2) is 79.1 Å². The molecule has 0 atom stereocenters. The number of nitriles is 1. The van der Waals surface area contributed by atoms with Gasteiger partial charge in [0.1, 0.15) is 11.5 Å². The van der Waals surface area contributed by atoms with Gasteiger partial charge in [0.15, 0.2) is 0 Å². The molecule has 33 heavy (non-hydrogen) atoms. The first kappa shape index (κ1) is 22.2. The van der Waals surface area contributed by atoms with Crippen LogP contribution in [0, 0.1) is 17.1 Å². The maximum atomic E-state index is 14.5. The van der Waals surface area contributed by atoms with Crippen LogP contribution in [-0.4, -0.2) is 32.1 Å². The van der Waals surface area contributed by atoms with Crippen LogP contribution in [0.3, 0.4) is 0 Å². The zero-order chi connectivity index (χ0) is 23.2. The lowest BCUT2D eigenvalue weighted by atomic mass is 10.1. The first-order valence-corrected chi connectivity index (χ1v) is 10.6. The fourth-order valence-electron chi connectivity index (χ4n) is 3.42. The molecule has 2 aromatic carbocycles. The summed E-state index contributed by atoms with van der Waals surface area (Å²) in [7, 11) is 0. The van der Waals surface area contributed by atoms with E-state index in [4.69, 9.17) is 16.9 Å². The molecule has 0 unspecified atom stereocenters. The van der Waals surface area contributed by atoms with E-state index < -0.39 is 5.82 Å². The lowest BCUT2D eigenvalue weighted by Gasteiger charge is -2.22. The zero-order valence-electron chi connectivity index (χ0n) is 17.5. The van der Waals surface area contributed by atoms with Crippen molar-refractivity contribution in [1.29, 1.82) is 5.26 Å². The summed E-state index contributed by atoms with van der Waals surface area (Å²) in [4.78, 5) is 19.3. The van der Waals surface area contributed by atoms with Crippen LogP contribution in [0.25, 0.3) is 16.9 Å². The molecule has 2 heterocycles. The van der Waals surface area contributed by atoms with Crippen LogP contribution in [-0.2, 0) is 6.54 Å². The average molecular weight is 460 g/mol. The van der Waals surface area contributed by atoms with Gasteiger partial charge in [-0.15, -0.1) is 0 Å². The van der Waals surface area contributed by atoms with E-state index in [9.17, 15) is 9.18 Å². The van der Waals surface area contributed by atoms with Gasteiger partial charge in [-0.05, 0) is 54.1 Å². The van der Waals surface area contributed by atoms with Gasteiger partial charge in [0.05, 0.1) is 23.9 Å². The van der Waals surface area contributed by atoms with Gasteiger partial charge < -0.3 is 4.90 Å². The predicted octanol–water partition coefficient (Wildman–Crippen LogP) is 5.28. The molecule has 0 saturated carbocycles. The van der Waals surface area contributed by atoms with E-state index in [1.54, 1.807) is 71.9 Å². The summed E-state index contributed by atoms with van der Waals surface area (Å²) in [6.07, 6.45) is 3.50. The minimum absolute atomic E-state index is 0.168. The Morgan fingerprint density at radius 3 is 2.61 bits per heavy atom. The highest BCUT2D eigenvalue weighted by molar-refractivity contribution is 6.30. The maximum absolute atomic E-state index is 14.5. The minimum Gasteiger partial charge on any atom is -0.332 e. The Bertz CT molecular complexity index is 1300. The van der Waals surface area contributed by atoms with Gasteiger partial charge in [0, 0.05) is 36.1 Å². The van der Waals surface area contributed by atoms with E-state index >= 15 is 0 Å². The smallest absolute Gasteiger partial charge is 0.272 e. The summed E-state index contributed by atoms with van der Waals surface area (Å²) in [5.41, 5.74) is 2.29. The third-order valence-electron chi connectivity index (χ3n) is 5.03. The molecule has 4 aromatic rings. The highest BCUT2D eigenvalue weighted by Gasteiger charge is 2.24. The van der Waals surface area contributed by atoms with Crippen molar-refractivity contribution < 1.29 is 9.18 Å². The van der Waals surface area contributed by atoms with E-state index in [-0.39, 0.29) is 36.7 Å². The third kappa shape index (κ3) is 5.08. The Kier molecular flexibility index (Phi) is 6.77. The standard InChI is InChI=1S/C25H19ClFN5O/c26-19-8-10-20(11-9-19)32-24(15-23(30-32)21-6-1-2-7-22(21)27)25(33)31(14-4-12-28)17-18-5-3-13-29-16-18/h1-3,5-11,13,15-16H,4,14,17H2. The number of nitrogens with zero attached hydrogens (tertiary/aromatic N) is 5. The molecule has 6 nitrogen and oxygen atoms in total. The molecule has 0 spiro atoms. The van der Waals surface area contributed by atoms with Gasteiger partial charge in [-0.25, -0.2) is 9.07 Å². The topological polar surface area (TPSA) is 74.8 Å². The van der Waals surface area contributed by atoms with Crippen molar-refractivity contribution in [1.82, 2.24) is 19.7 Å². The highest BCUT2D eigenvalue weighted by Crippen LogP contribution is 2.26. The van der Waals surface area contributed by atoms with E-state index in [0.29, 0.717) is 16.4 Å².